The van der Waals surface area contributed by atoms with Crippen LogP contribution in [0.15, 0.2) is 0 Å². The fourth-order valence-corrected chi connectivity index (χ4v) is 3.61. The Kier molecular flexibility index (Phi) is 4.89. The van der Waals surface area contributed by atoms with Crippen LogP contribution < -0.4 is 5.32 Å². The predicted molar refractivity (Wildman–Crippen MR) is 76.5 cm³/mol. The van der Waals surface area contributed by atoms with E-state index in [9.17, 15) is 9.59 Å². The molecule has 0 aliphatic heterocycles. The molecule has 2 aliphatic rings. The van der Waals surface area contributed by atoms with Crippen LogP contribution in [0.4, 0.5) is 4.79 Å². The third kappa shape index (κ3) is 3.44. The van der Waals surface area contributed by atoms with Crippen LogP contribution in [0.25, 0.3) is 0 Å². The highest BCUT2D eigenvalue weighted by molar-refractivity contribution is 5.77. The van der Waals surface area contributed by atoms with E-state index in [-0.39, 0.29) is 12.1 Å². The van der Waals surface area contributed by atoms with Gasteiger partial charge < -0.3 is 15.3 Å². The molecular formula is C15H26N2O3. The zero-order valence-corrected chi connectivity index (χ0v) is 12.5. The summed E-state index contributed by atoms with van der Waals surface area (Å²) in [6.07, 6.45) is 6.85. The van der Waals surface area contributed by atoms with E-state index in [4.69, 9.17) is 5.11 Å². The molecule has 0 spiro atoms. The van der Waals surface area contributed by atoms with Crippen molar-refractivity contribution in [3.8, 4) is 0 Å². The molecule has 5 nitrogen and oxygen atoms in total. The smallest absolute Gasteiger partial charge is 0.317 e. The first kappa shape index (κ1) is 15.1. The van der Waals surface area contributed by atoms with Gasteiger partial charge in [0, 0.05) is 19.1 Å². The molecule has 20 heavy (non-hydrogen) atoms. The zero-order chi connectivity index (χ0) is 14.7. The van der Waals surface area contributed by atoms with Crippen molar-refractivity contribution in [2.45, 2.75) is 64.0 Å². The minimum absolute atomic E-state index is 0.109. The third-order valence-corrected chi connectivity index (χ3v) is 4.92. The molecular weight excluding hydrogens is 256 g/mol. The van der Waals surface area contributed by atoms with E-state index in [2.05, 4.69) is 12.2 Å². The molecule has 2 saturated carbocycles. The molecule has 0 bridgehead atoms. The molecule has 0 aromatic rings. The average Bonchev–Trinajstić information content (AvgIpc) is 2.86. The van der Waals surface area contributed by atoms with E-state index < -0.39 is 11.9 Å². The second kappa shape index (κ2) is 6.46. The molecule has 5 heteroatoms. The van der Waals surface area contributed by atoms with E-state index in [0.717, 1.165) is 25.7 Å². The molecule has 0 heterocycles. The van der Waals surface area contributed by atoms with Gasteiger partial charge in [0.05, 0.1) is 5.92 Å². The van der Waals surface area contributed by atoms with Gasteiger partial charge in [-0.05, 0) is 31.6 Å². The number of carbonyl (C=O) groups is 2. The molecule has 2 aliphatic carbocycles. The number of aliphatic carboxylic acids is 1. The number of amides is 2. The topological polar surface area (TPSA) is 69.6 Å². The van der Waals surface area contributed by atoms with Crippen LogP contribution in [-0.4, -0.2) is 41.1 Å². The number of urea groups is 1. The number of carbonyl (C=O) groups excluding carboxylic acids is 1. The standard InChI is InChI=1S/C15H26N2O3/c1-10-5-3-6-11(9-10)17(2)15(20)16-13-8-4-7-12(13)14(18)19/h10-13H,3-9H2,1-2H3,(H,16,20)(H,18,19). The van der Waals surface area contributed by atoms with Gasteiger partial charge in [-0.2, -0.15) is 0 Å². The SMILES string of the molecule is CC1CCCC(N(C)C(=O)NC2CCCC2C(=O)O)C1. The van der Waals surface area contributed by atoms with Crippen molar-refractivity contribution in [2.75, 3.05) is 7.05 Å². The molecule has 4 unspecified atom stereocenters. The van der Waals surface area contributed by atoms with Crippen LogP contribution >= 0.6 is 0 Å². The largest absolute Gasteiger partial charge is 0.481 e. The first-order valence-corrected chi connectivity index (χ1v) is 7.75. The fourth-order valence-electron chi connectivity index (χ4n) is 3.61. The fraction of sp³-hybridized carbons (Fsp3) is 0.867. The lowest BCUT2D eigenvalue weighted by Crippen LogP contribution is -2.50. The zero-order valence-electron chi connectivity index (χ0n) is 12.5. The van der Waals surface area contributed by atoms with Gasteiger partial charge >= 0.3 is 12.0 Å². The summed E-state index contributed by atoms with van der Waals surface area (Å²) in [6, 6.07) is -0.0193. The number of carboxylic acids is 1. The number of hydrogen-bond acceptors (Lipinski definition) is 2. The molecule has 4 atom stereocenters. The van der Waals surface area contributed by atoms with Crippen molar-refractivity contribution >= 4 is 12.0 Å². The highest BCUT2D eigenvalue weighted by atomic mass is 16.4. The Bertz CT molecular complexity index is 372. The first-order chi connectivity index (χ1) is 9.49. The van der Waals surface area contributed by atoms with Gasteiger partial charge in [0.1, 0.15) is 0 Å². The second-order valence-electron chi connectivity index (χ2n) is 6.47. The normalized spacial score (nSPS) is 33.7. The highest BCUT2D eigenvalue weighted by Gasteiger charge is 2.35. The molecule has 2 rings (SSSR count). The Morgan fingerprint density at radius 3 is 2.50 bits per heavy atom. The minimum atomic E-state index is -0.790. The number of carboxylic acid groups (broad SMARTS) is 1. The second-order valence-corrected chi connectivity index (χ2v) is 6.47. The third-order valence-electron chi connectivity index (χ3n) is 4.92. The van der Waals surface area contributed by atoms with Crippen LogP contribution in [0.3, 0.4) is 0 Å². The first-order valence-electron chi connectivity index (χ1n) is 7.75. The van der Waals surface area contributed by atoms with Crippen molar-refractivity contribution in [1.82, 2.24) is 10.2 Å². The lowest BCUT2D eigenvalue weighted by Gasteiger charge is -2.35. The summed E-state index contributed by atoms with van der Waals surface area (Å²) in [7, 11) is 1.84. The molecule has 2 amide bonds. The van der Waals surface area contributed by atoms with E-state index >= 15 is 0 Å². The maximum absolute atomic E-state index is 12.3. The van der Waals surface area contributed by atoms with Gasteiger partial charge in [0.25, 0.3) is 0 Å². The van der Waals surface area contributed by atoms with Crippen LogP contribution in [-0.2, 0) is 4.79 Å². The lowest BCUT2D eigenvalue weighted by atomic mass is 9.86. The number of nitrogens with one attached hydrogen (secondary N) is 1. The van der Waals surface area contributed by atoms with Crippen LogP contribution in [0.1, 0.15) is 51.9 Å². The maximum atomic E-state index is 12.3. The summed E-state index contributed by atoms with van der Waals surface area (Å²) in [6.45, 7) is 2.23. The summed E-state index contributed by atoms with van der Waals surface area (Å²) >= 11 is 0. The molecule has 114 valence electrons. The molecule has 0 aromatic carbocycles. The van der Waals surface area contributed by atoms with Gasteiger partial charge in [-0.1, -0.05) is 26.2 Å². The Hall–Kier alpha value is -1.26. The highest BCUT2D eigenvalue weighted by Crippen LogP contribution is 2.28. The Labute approximate surface area is 120 Å². The molecule has 2 N–H and O–H groups in total. The van der Waals surface area contributed by atoms with Crippen molar-refractivity contribution in [1.29, 1.82) is 0 Å². The molecule has 0 saturated heterocycles. The van der Waals surface area contributed by atoms with Crippen LogP contribution in [0, 0.1) is 11.8 Å². The minimum Gasteiger partial charge on any atom is -0.481 e. The quantitative estimate of drug-likeness (QED) is 0.835. The van der Waals surface area contributed by atoms with Crippen molar-refractivity contribution in [2.24, 2.45) is 11.8 Å². The summed E-state index contributed by atoms with van der Waals surface area (Å²) in [5.74, 6) is -0.540. The number of hydrogen-bond donors (Lipinski definition) is 2. The van der Waals surface area contributed by atoms with Crippen molar-refractivity contribution in [3.05, 3.63) is 0 Å². The number of rotatable bonds is 3. The average molecular weight is 282 g/mol. The van der Waals surface area contributed by atoms with E-state index in [0.29, 0.717) is 18.4 Å². The molecule has 2 fully saturated rings. The summed E-state index contributed by atoms with van der Waals surface area (Å²) in [4.78, 5) is 25.2. The van der Waals surface area contributed by atoms with Crippen molar-refractivity contribution in [3.63, 3.8) is 0 Å². The summed E-state index contributed by atoms with van der Waals surface area (Å²) in [5.41, 5.74) is 0. The van der Waals surface area contributed by atoms with Gasteiger partial charge in [0.15, 0.2) is 0 Å². The Morgan fingerprint density at radius 1 is 1.15 bits per heavy atom. The van der Waals surface area contributed by atoms with Gasteiger partial charge in [-0.15, -0.1) is 0 Å². The Morgan fingerprint density at radius 2 is 1.85 bits per heavy atom. The van der Waals surface area contributed by atoms with Gasteiger partial charge in [-0.25, -0.2) is 4.79 Å². The molecule has 0 aromatic heterocycles. The molecule has 0 radical (unpaired) electrons. The number of nitrogens with zero attached hydrogens (tertiary/aromatic N) is 1. The van der Waals surface area contributed by atoms with Gasteiger partial charge in [0.2, 0.25) is 0 Å². The summed E-state index contributed by atoms with van der Waals surface area (Å²) < 4.78 is 0. The van der Waals surface area contributed by atoms with Crippen LogP contribution in [0.2, 0.25) is 0 Å². The Balaban J connectivity index is 1.89. The van der Waals surface area contributed by atoms with Crippen LogP contribution in [0.5, 0.6) is 0 Å². The van der Waals surface area contributed by atoms with E-state index in [1.807, 2.05) is 7.05 Å². The van der Waals surface area contributed by atoms with Gasteiger partial charge in [-0.3, -0.25) is 4.79 Å². The van der Waals surface area contributed by atoms with E-state index in [1.54, 1.807) is 4.90 Å². The predicted octanol–water partition coefficient (Wildman–Crippen LogP) is 2.46. The lowest BCUT2D eigenvalue weighted by molar-refractivity contribution is -0.142. The summed E-state index contributed by atoms with van der Waals surface area (Å²) in [5, 5.41) is 12.1. The maximum Gasteiger partial charge on any atom is 0.317 e. The van der Waals surface area contributed by atoms with Crippen molar-refractivity contribution < 1.29 is 14.7 Å². The van der Waals surface area contributed by atoms with E-state index in [1.165, 1.54) is 12.8 Å². The monoisotopic (exact) mass is 282 g/mol.